The summed E-state index contributed by atoms with van der Waals surface area (Å²) in [5, 5.41) is 5.62. The summed E-state index contributed by atoms with van der Waals surface area (Å²) in [6, 6.07) is -0.367. The van der Waals surface area contributed by atoms with Gasteiger partial charge < -0.3 is 11.1 Å². The van der Waals surface area contributed by atoms with Gasteiger partial charge >= 0.3 is 0 Å². The van der Waals surface area contributed by atoms with E-state index in [4.69, 9.17) is 5.73 Å². The van der Waals surface area contributed by atoms with E-state index in [0.29, 0.717) is 0 Å². The van der Waals surface area contributed by atoms with Gasteiger partial charge in [-0.15, -0.1) is 0 Å². The molecule has 4 N–H and O–H groups in total. The predicted octanol–water partition coefficient (Wildman–Crippen LogP) is -0.247. The SMILES string of the molecule is CC(C)NC(=O)C(C)NC(C)(C)C(N)=O. The van der Waals surface area contributed by atoms with Gasteiger partial charge in [0, 0.05) is 6.04 Å². The van der Waals surface area contributed by atoms with Crippen molar-refractivity contribution >= 4 is 11.8 Å². The maximum Gasteiger partial charge on any atom is 0.237 e. The number of hydrogen-bond donors (Lipinski definition) is 3. The molecule has 0 aliphatic carbocycles. The average Bonchev–Trinajstić information content (AvgIpc) is 2.01. The van der Waals surface area contributed by atoms with Crippen LogP contribution in [0.4, 0.5) is 0 Å². The summed E-state index contributed by atoms with van der Waals surface area (Å²) in [4.78, 5) is 22.6. The van der Waals surface area contributed by atoms with Gasteiger partial charge in [-0.1, -0.05) is 0 Å². The van der Waals surface area contributed by atoms with Crippen LogP contribution in [0.5, 0.6) is 0 Å². The van der Waals surface area contributed by atoms with E-state index in [-0.39, 0.29) is 11.9 Å². The van der Waals surface area contributed by atoms with Crippen molar-refractivity contribution in [1.82, 2.24) is 10.6 Å². The maximum absolute atomic E-state index is 11.5. The summed E-state index contributed by atoms with van der Waals surface area (Å²) >= 11 is 0. The fourth-order valence-electron chi connectivity index (χ4n) is 1.09. The Labute approximate surface area is 90.8 Å². The second-order valence-electron chi connectivity index (χ2n) is 4.52. The number of hydrogen-bond acceptors (Lipinski definition) is 3. The Bertz CT molecular complexity index is 249. The minimum Gasteiger partial charge on any atom is -0.368 e. The Hall–Kier alpha value is -1.10. The van der Waals surface area contributed by atoms with E-state index < -0.39 is 17.5 Å². The van der Waals surface area contributed by atoms with Crippen molar-refractivity contribution in [3.05, 3.63) is 0 Å². The van der Waals surface area contributed by atoms with Crippen LogP contribution in [0.15, 0.2) is 0 Å². The molecule has 15 heavy (non-hydrogen) atoms. The predicted molar refractivity (Wildman–Crippen MR) is 59.1 cm³/mol. The number of nitrogens with two attached hydrogens (primary N) is 1. The van der Waals surface area contributed by atoms with E-state index >= 15 is 0 Å². The van der Waals surface area contributed by atoms with Crippen molar-refractivity contribution in [2.75, 3.05) is 0 Å². The van der Waals surface area contributed by atoms with Crippen LogP contribution in [0.3, 0.4) is 0 Å². The summed E-state index contributed by atoms with van der Waals surface area (Å²) in [6.45, 7) is 8.75. The number of rotatable bonds is 5. The average molecular weight is 215 g/mol. The molecule has 1 unspecified atom stereocenters. The summed E-state index contributed by atoms with van der Waals surface area (Å²) < 4.78 is 0. The summed E-state index contributed by atoms with van der Waals surface area (Å²) in [6.07, 6.45) is 0. The summed E-state index contributed by atoms with van der Waals surface area (Å²) in [5.41, 5.74) is 4.31. The third-order valence-corrected chi connectivity index (χ3v) is 2.02. The highest BCUT2D eigenvalue weighted by Crippen LogP contribution is 2.02. The zero-order chi connectivity index (χ0) is 12.2. The topological polar surface area (TPSA) is 84.2 Å². The van der Waals surface area contributed by atoms with Crippen LogP contribution in [0.1, 0.15) is 34.6 Å². The van der Waals surface area contributed by atoms with E-state index in [1.165, 1.54) is 0 Å². The number of carbonyl (C=O) groups excluding carboxylic acids is 2. The molecule has 0 heterocycles. The van der Waals surface area contributed by atoms with Crippen LogP contribution < -0.4 is 16.4 Å². The molecule has 0 aliphatic rings. The van der Waals surface area contributed by atoms with Crippen molar-refractivity contribution in [3.8, 4) is 0 Å². The first kappa shape index (κ1) is 13.9. The second kappa shape index (κ2) is 5.11. The Balaban J connectivity index is 4.30. The van der Waals surface area contributed by atoms with Crippen LogP contribution in [0.2, 0.25) is 0 Å². The van der Waals surface area contributed by atoms with Crippen molar-refractivity contribution in [1.29, 1.82) is 0 Å². The molecule has 0 aromatic carbocycles. The molecule has 0 saturated carbocycles. The van der Waals surface area contributed by atoms with Gasteiger partial charge in [0.2, 0.25) is 11.8 Å². The standard InChI is InChI=1S/C10H21N3O2/c1-6(2)12-8(14)7(3)13-10(4,5)9(11)15/h6-7,13H,1-5H3,(H2,11,15)(H,12,14). The highest BCUT2D eigenvalue weighted by molar-refractivity contribution is 5.86. The van der Waals surface area contributed by atoms with Crippen LogP contribution in [0.25, 0.3) is 0 Å². The Morgan fingerprint density at radius 3 is 2.00 bits per heavy atom. The fraction of sp³-hybridized carbons (Fsp3) is 0.800. The molecule has 0 radical (unpaired) electrons. The van der Waals surface area contributed by atoms with Crippen LogP contribution >= 0.6 is 0 Å². The van der Waals surface area contributed by atoms with Crippen molar-refractivity contribution in [2.24, 2.45) is 5.73 Å². The molecule has 5 heteroatoms. The van der Waals surface area contributed by atoms with Gasteiger partial charge in [0.1, 0.15) is 0 Å². The molecule has 0 aromatic heterocycles. The smallest absolute Gasteiger partial charge is 0.237 e. The minimum absolute atomic E-state index is 0.0819. The molecule has 0 spiro atoms. The highest BCUT2D eigenvalue weighted by Gasteiger charge is 2.28. The lowest BCUT2D eigenvalue weighted by atomic mass is 10.0. The molecule has 1 atom stereocenters. The van der Waals surface area contributed by atoms with Gasteiger partial charge in [-0.3, -0.25) is 14.9 Å². The molecule has 0 bridgehead atoms. The summed E-state index contributed by atoms with van der Waals surface area (Å²) in [5.74, 6) is -0.619. The van der Waals surface area contributed by atoms with E-state index in [1.807, 2.05) is 13.8 Å². The van der Waals surface area contributed by atoms with Crippen molar-refractivity contribution in [3.63, 3.8) is 0 Å². The van der Waals surface area contributed by atoms with Crippen LogP contribution in [0, 0.1) is 0 Å². The molecule has 0 fully saturated rings. The Morgan fingerprint density at radius 2 is 1.67 bits per heavy atom. The number of primary amides is 1. The van der Waals surface area contributed by atoms with Gasteiger partial charge in [0.05, 0.1) is 11.6 Å². The molecule has 2 amide bonds. The first-order valence-electron chi connectivity index (χ1n) is 5.04. The van der Waals surface area contributed by atoms with Crippen LogP contribution in [-0.2, 0) is 9.59 Å². The Morgan fingerprint density at radius 1 is 1.20 bits per heavy atom. The lowest BCUT2D eigenvalue weighted by Gasteiger charge is -2.26. The van der Waals surface area contributed by atoms with Crippen molar-refractivity contribution in [2.45, 2.75) is 52.2 Å². The second-order valence-corrected chi connectivity index (χ2v) is 4.52. The van der Waals surface area contributed by atoms with Crippen LogP contribution in [-0.4, -0.2) is 29.4 Å². The lowest BCUT2D eigenvalue weighted by molar-refractivity contribution is -0.126. The van der Waals surface area contributed by atoms with E-state index in [9.17, 15) is 9.59 Å². The third kappa shape index (κ3) is 4.78. The van der Waals surface area contributed by atoms with Gasteiger partial charge in [-0.25, -0.2) is 0 Å². The molecule has 0 rings (SSSR count). The number of amides is 2. The highest BCUT2D eigenvalue weighted by atomic mass is 16.2. The van der Waals surface area contributed by atoms with E-state index in [2.05, 4.69) is 10.6 Å². The minimum atomic E-state index is -0.881. The number of carbonyl (C=O) groups is 2. The first-order chi connectivity index (χ1) is 6.66. The quantitative estimate of drug-likeness (QED) is 0.591. The molecule has 0 aromatic rings. The number of nitrogens with one attached hydrogen (secondary N) is 2. The normalized spacial score (nSPS) is 13.7. The van der Waals surface area contributed by atoms with Crippen molar-refractivity contribution < 1.29 is 9.59 Å². The zero-order valence-corrected chi connectivity index (χ0v) is 10.0. The molecule has 0 aliphatic heterocycles. The molecule has 88 valence electrons. The third-order valence-electron chi connectivity index (χ3n) is 2.02. The molecule has 5 nitrogen and oxygen atoms in total. The fourth-order valence-corrected chi connectivity index (χ4v) is 1.09. The first-order valence-corrected chi connectivity index (χ1v) is 5.04. The van der Waals surface area contributed by atoms with E-state index in [0.717, 1.165) is 0 Å². The molecular formula is C10H21N3O2. The lowest BCUT2D eigenvalue weighted by Crippen LogP contribution is -2.58. The Kier molecular flexibility index (Phi) is 4.74. The molecular weight excluding hydrogens is 194 g/mol. The zero-order valence-electron chi connectivity index (χ0n) is 10.0. The largest absolute Gasteiger partial charge is 0.368 e. The van der Waals surface area contributed by atoms with Gasteiger partial charge in [-0.2, -0.15) is 0 Å². The monoisotopic (exact) mass is 215 g/mol. The van der Waals surface area contributed by atoms with E-state index in [1.54, 1.807) is 20.8 Å². The maximum atomic E-state index is 11.5. The molecule has 0 saturated heterocycles. The summed E-state index contributed by atoms with van der Waals surface area (Å²) in [7, 11) is 0. The van der Waals surface area contributed by atoms with Gasteiger partial charge in [0.15, 0.2) is 0 Å². The van der Waals surface area contributed by atoms with Gasteiger partial charge in [0.25, 0.3) is 0 Å². The van der Waals surface area contributed by atoms with Gasteiger partial charge in [-0.05, 0) is 34.6 Å².